The van der Waals surface area contributed by atoms with E-state index < -0.39 is 11.6 Å². The number of aromatic nitrogens is 2. The zero-order chi connectivity index (χ0) is 29.1. The van der Waals surface area contributed by atoms with Crippen LogP contribution in [-0.2, 0) is 4.74 Å². The van der Waals surface area contributed by atoms with Crippen molar-refractivity contribution in [1.82, 2.24) is 14.9 Å². The molecule has 0 aliphatic heterocycles. The standard InChI is InChI=1S/C30H41N5O4S/c1-30(2,3)39-29(37)24-20-40-28(34-24)22-13-15-33-27(19-22)32-14-7-6-8-17-38-26-18-21(11-12-23(26)31)25(36)10-9-16-35(4)5/h11-13,15,18-20H,6-10,14,16-17,31H2,1-5H3,(H,32,33). The molecule has 0 saturated heterocycles. The van der Waals surface area contributed by atoms with Gasteiger partial charge in [-0.3, -0.25) is 4.79 Å². The number of benzene rings is 1. The molecule has 0 fully saturated rings. The van der Waals surface area contributed by atoms with Crippen LogP contribution >= 0.6 is 11.3 Å². The predicted molar refractivity (Wildman–Crippen MR) is 161 cm³/mol. The molecule has 10 heteroatoms. The summed E-state index contributed by atoms with van der Waals surface area (Å²) in [5.41, 5.74) is 7.88. The number of unbranched alkanes of at least 4 members (excludes halogenated alkanes) is 2. The van der Waals surface area contributed by atoms with Crippen molar-refractivity contribution < 1.29 is 19.1 Å². The molecule has 0 saturated carbocycles. The fourth-order valence-corrected chi connectivity index (χ4v) is 4.61. The van der Waals surface area contributed by atoms with Crippen molar-refractivity contribution in [2.24, 2.45) is 0 Å². The highest BCUT2D eigenvalue weighted by Gasteiger charge is 2.20. The van der Waals surface area contributed by atoms with Gasteiger partial charge in [0, 0.05) is 35.7 Å². The lowest BCUT2D eigenvalue weighted by molar-refractivity contribution is 0.00637. The molecule has 0 aliphatic carbocycles. The Kier molecular flexibility index (Phi) is 11.5. The molecule has 3 aromatic rings. The Morgan fingerprint density at radius 1 is 1.07 bits per heavy atom. The fraction of sp³-hybridized carbons (Fsp3) is 0.467. The highest BCUT2D eigenvalue weighted by molar-refractivity contribution is 7.13. The van der Waals surface area contributed by atoms with Crippen LogP contribution in [0.3, 0.4) is 0 Å². The first-order chi connectivity index (χ1) is 19.0. The van der Waals surface area contributed by atoms with Crippen molar-refractivity contribution in [3.8, 4) is 16.3 Å². The van der Waals surface area contributed by atoms with Gasteiger partial charge in [0.25, 0.3) is 0 Å². The molecule has 3 rings (SSSR count). The van der Waals surface area contributed by atoms with Crippen molar-refractivity contribution >= 4 is 34.6 Å². The molecule has 0 atom stereocenters. The monoisotopic (exact) mass is 567 g/mol. The highest BCUT2D eigenvalue weighted by atomic mass is 32.1. The third-order valence-corrected chi connectivity index (χ3v) is 6.74. The van der Waals surface area contributed by atoms with Gasteiger partial charge in [-0.2, -0.15) is 0 Å². The van der Waals surface area contributed by atoms with Crippen LogP contribution in [0.25, 0.3) is 10.6 Å². The predicted octanol–water partition coefficient (Wildman–Crippen LogP) is 5.93. The number of nitrogens with two attached hydrogens (primary N) is 1. The van der Waals surface area contributed by atoms with Crippen LogP contribution in [0.2, 0.25) is 0 Å². The zero-order valence-corrected chi connectivity index (χ0v) is 25.0. The number of carbonyl (C=O) groups excluding carboxylic acids is 2. The molecule has 2 aromatic heterocycles. The third-order valence-electron chi connectivity index (χ3n) is 5.85. The Bertz CT molecular complexity index is 1270. The number of esters is 1. The number of Topliss-reactive ketones (excluding diaryl/α,β-unsaturated/α-hetero) is 1. The number of ketones is 1. The molecule has 3 N–H and O–H groups in total. The maximum atomic E-state index is 12.5. The molecule has 0 spiro atoms. The summed E-state index contributed by atoms with van der Waals surface area (Å²) in [6.45, 7) is 7.66. The number of hydrogen-bond acceptors (Lipinski definition) is 10. The number of carbonyl (C=O) groups is 2. The van der Waals surface area contributed by atoms with Gasteiger partial charge >= 0.3 is 5.97 Å². The van der Waals surface area contributed by atoms with Crippen LogP contribution in [-0.4, -0.2) is 66.0 Å². The molecule has 0 unspecified atom stereocenters. The topological polar surface area (TPSA) is 120 Å². The number of pyridine rings is 1. The van der Waals surface area contributed by atoms with E-state index in [0.717, 1.165) is 55.2 Å². The number of thiazole rings is 1. The summed E-state index contributed by atoms with van der Waals surface area (Å²) in [6.07, 6.45) is 5.81. The first kappa shape index (κ1) is 31.0. The quantitative estimate of drug-likeness (QED) is 0.0996. The highest BCUT2D eigenvalue weighted by Crippen LogP contribution is 2.27. The smallest absolute Gasteiger partial charge is 0.358 e. The molecule has 0 amide bonds. The van der Waals surface area contributed by atoms with E-state index in [1.54, 1.807) is 29.8 Å². The second kappa shape index (κ2) is 14.8. The molecule has 216 valence electrons. The second-order valence-corrected chi connectivity index (χ2v) is 11.7. The van der Waals surface area contributed by atoms with Crippen molar-refractivity contribution in [3.05, 3.63) is 53.2 Å². The largest absolute Gasteiger partial charge is 0.491 e. The lowest BCUT2D eigenvalue weighted by Gasteiger charge is -2.18. The lowest BCUT2D eigenvalue weighted by atomic mass is 10.1. The van der Waals surface area contributed by atoms with Crippen molar-refractivity contribution in [2.75, 3.05) is 44.8 Å². The van der Waals surface area contributed by atoms with Crippen molar-refractivity contribution in [1.29, 1.82) is 0 Å². The zero-order valence-electron chi connectivity index (χ0n) is 24.2. The van der Waals surface area contributed by atoms with Gasteiger partial charge in [0.05, 0.1) is 12.3 Å². The Morgan fingerprint density at radius 3 is 2.62 bits per heavy atom. The molecular weight excluding hydrogens is 526 g/mol. The van der Waals surface area contributed by atoms with Crippen LogP contribution in [0.4, 0.5) is 11.5 Å². The van der Waals surface area contributed by atoms with Crippen LogP contribution in [0.5, 0.6) is 5.75 Å². The third kappa shape index (κ3) is 10.2. The normalized spacial score (nSPS) is 11.4. The van der Waals surface area contributed by atoms with Gasteiger partial charge in [-0.05, 0) is 97.4 Å². The number of nitrogens with zero attached hydrogens (tertiary/aromatic N) is 3. The van der Waals surface area contributed by atoms with Crippen molar-refractivity contribution in [2.45, 2.75) is 58.5 Å². The molecule has 40 heavy (non-hydrogen) atoms. The van der Waals surface area contributed by atoms with Gasteiger partial charge < -0.3 is 25.4 Å². The van der Waals surface area contributed by atoms with Crippen LogP contribution in [0, 0.1) is 0 Å². The van der Waals surface area contributed by atoms with Crippen molar-refractivity contribution in [3.63, 3.8) is 0 Å². The summed E-state index contributed by atoms with van der Waals surface area (Å²) >= 11 is 1.40. The molecule has 9 nitrogen and oxygen atoms in total. The summed E-state index contributed by atoms with van der Waals surface area (Å²) < 4.78 is 11.3. The number of nitrogens with one attached hydrogen (secondary N) is 1. The minimum atomic E-state index is -0.564. The Hall–Kier alpha value is -3.50. The number of rotatable bonds is 15. The van der Waals surface area contributed by atoms with E-state index in [-0.39, 0.29) is 5.78 Å². The van der Waals surface area contributed by atoms with Gasteiger partial charge in [-0.1, -0.05) is 0 Å². The van der Waals surface area contributed by atoms with Gasteiger partial charge in [0.15, 0.2) is 11.5 Å². The van der Waals surface area contributed by atoms with Gasteiger partial charge in [0.2, 0.25) is 0 Å². The molecule has 2 heterocycles. The second-order valence-electron chi connectivity index (χ2n) is 10.9. The minimum Gasteiger partial charge on any atom is -0.491 e. The Morgan fingerprint density at radius 2 is 1.88 bits per heavy atom. The molecular formula is C30H41N5O4S. The lowest BCUT2D eigenvalue weighted by Crippen LogP contribution is -2.24. The van der Waals surface area contributed by atoms with Gasteiger partial charge in [-0.25, -0.2) is 14.8 Å². The summed E-state index contributed by atoms with van der Waals surface area (Å²) in [7, 11) is 4.00. The van der Waals surface area contributed by atoms with E-state index in [4.69, 9.17) is 15.2 Å². The average molecular weight is 568 g/mol. The van der Waals surface area contributed by atoms with E-state index in [0.29, 0.717) is 35.7 Å². The number of hydrogen-bond donors (Lipinski definition) is 2. The maximum Gasteiger partial charge on any atom is 0.358 e. The number of nitrogen functional groups attached to an aromatic ring is 1. The fourth-order valence-electron chi connectivity index (χ4n) is 3.83. The first-order valence-corrected chi connectivity index (χ1v) is 14.5. The van der Waals surface area contributed by atoms with Crippen LogP contribution in [0.1, 0.15) is 73.7 Å². The maximum absolute atomic E-state index is 12.5. The van der Waals surface area contributed by atoms with Gasteiger partial charge in [-0.15, -0.1) is 11.3 Å². The molecule has 0 radical (unpaired) electrons. The van der Waals surface area contributed by atoms with E-state index in [1.807, 2.05) is 47.0 Å². The molecule has 0 bridgehead atoms. The summed E-state index contributed by atoms with van der Waals surface area (Å²) in [6, 6.07) is 9.07. The van der Waals surface area contributed by atoms with Crippen LogP contribution < -0.4 is 15.8 Å². The van der Waals surface area contributed by atoms with E-state index in [1.165, 1.54) is 11.3 Å². The summed E-state index contributed by atoms with van der Waals surface area (Å²) in [4.78, 5) is 35.7. The van der Waals surface area contributed by atoms with E-state index in [2.05, 4.69) is 20.2 Å². The first-order valence-electron chi connectivity index (χ1n) is 13.6. The molecule has 1 aromatic carbocycles. The number of ether oxygens (including phenoxy) is 2. The Balaban J connectivity index is 1.40. The SMILES string of the molecule is CN(C)CCCC(=O)c1ccc(N)c(OCCCCCNc2cc(-c3nc(C(=O)OC(C)(C)C)cs3)ccn2)c1. The summed E-state index contributed by atoms with van der Waals surface area (Å²) in [5.74, 6) is 0.997. The van der Waals surface area contributed by atoms with Crippen LogP contribution in [0.15, 0.2) is 41.9 Å². The Labute approximate surface area is 241 Å². The average Bonchev–Trinajstić information content (AvgIpc) is 3.39. The van der Waals surface area contributed by atoms with E-state index >= 15 is 0 Å². The molecule has 0 aliphatic rings. The number of anilines is 2. The van der Waals surface area contributed by atoms with Gasteiger partial charge in [0.1, 0.15) is 22.2 Å². The minimum absolute atomic E-state index is 0.105. The summed E-state index contributed by atoms with van der Waals surface area (Å²) in [5, 5.41) is 5.80. The van der Waals surface area contributed by atoms with E-state index in [9.17, 15) is 9.59 Å².